The van der Waals surface area contributed by atoms with Crippen molar-refractivity contribution in [3.05, 3.63) is 0 Å². The standard InChI is InChI=1S/C19H34N6O8S/c20-8-2-1-3-13(19(32)33)25-18(31)12(5-7-15(27)28)24-17(30)11(4-6-14(22)26)23-16(29)10(21)9-34/h10-13,34H,1-9,20-21H2,(H2,22,26)(H,23,29)(H,24,30)(H,25,31)(H,27,28)(H,32,33). The molecular weight excluding hydrogens is 472 g/mol. The number of thiol groups is 1. The number of carbonyl (C=O) groups is 6. The molecule has 0 spiro atoms. The Morgan fingerprint density at radius 3 is 1.71 bits per heavy atom. The van der Waals surface area contributed by atoms with E-state index < -0.39 is 66.2 Å². The van der Waals surface area contributed by atoms with Gasteiger partial charge in [0.1, 0.15) is 18.1 Å². The fraction of sp³-hybridized carbons (Fsp3) is 0.684. The SMILES string of the molecule is NCCCCC(NC(=O)C(CCC(=O)O)NC(=O)C(CCC(N)=O)NC(=O)C(N)CS)C(=O)O. The number of hydrogen-bond donors (Lipinski definition) is 9. The van der Waals surface area contributed by atoms with Crippen LogP contribution in [-0.2, 0) is 28.8 Å². The van der Waals surface area contributed by atoms with E-state index in [2.05, 4.69) is 28.6 Å². The number of carbonyl (C=O) groups excluding carboxylic acids is 4. The Morgan fingerprint density at radius 2 is 1.26 bits per heavy atom. The summed E-state index contributed by atoms with van der Waals surface area (Å²) >= 11 is 3.90. The predicted octanol–water partition coefficient (Wildman–Crippen LogP) is -2.96. The maximum absolute atomic E-state index is 12.8. The van der Waals surface area contributed by atoms with Crippen molar-refractivity contribution in [3.8, 4) is 0 Å². The van der Waals surface area contributed by atoms with Gasteiger partial charge < -0.3 is 43.4 Å². The number of carboxylic acids is 2. The van der Waals surface area contributed by atoms with Crippen LogP contribution in [0.2, 0.25) is 0 Å². The van der Waals surface area contributed by atoms with Crippen molar-refractivity contribution in [2.24, 2.45) is 17.2 Å². The summed E-state index contributed by atoms with van der Waals surface area (Å²) in [6.45, 7) is 0.340. The third-order valence-electron chi connectivity index (χ3n) is 4.69. The largest absolute Gasteiger partial charge is 0.481 e. The van der Waals surface area contributed by atoms with E-state index in [1.54, 1.807) is 0 Å². The molecule has 0 aromatic heterocycles. The maximum atomic E-state index is 12.8. The number of primary amides is 1. The molecule has 11 N–H and O–H groups in total. The Kier molecular flexibility index (Phi) is 15.2. The molecule has 194 valence electrons. The summed E-state index contributed by atoms with van der Waals surface area (Å²) < 4.78 is 0. The fourth-order valence-corrected chi connectivity index (χ4v) is 2.91. The van der Waals surface area contributed by atoms with Crippen molar-refractivity contribution in [1.29, 1.82) is 0 Å². The molecule has 0 aliphatic carbocycles. The first-order chi connectivity index (χ1) is 15.9. The number of rotatable bonds is 18. The Hall–Kier alpha value is -2.91. The third kappa shape index (κ3) is 13.0. The zero-order chi connectivity index (χ0) is 26.3. The van der Waals surface area contributed by atoms with Crippen LogP contribution >= 0.6 is 12.6 Å². The first kappa shape index (κ1) is 31.1. The van der Waals surface area contributed by atoms with Crippen molar-refractivity contribution in [2.45, 2.75) is 69.1 Å². The molecule has 0 radical (unpaired) electrons. The van der Waals surface area contributed by atoms with Crippen LogP contribution in [0.25, 0.3) is 0 Å². The summed E-state index contributed by atoms with van der Waals surface area (Å²) in [5.41, 5.74) is 16.1. The Morgan fingerprint density at radius 1 is 0.765 bits per heavy atom. The number of amides is 4. The van der Waals surface area contributed by atoms with Crippen LogP contribution in [0.1, 0.15) is 44.9 Å². The highest BCUT2D eigenvalue weighted by atomic mass is 32.1. The average Bonchev–Trinajstić information content (AvgIpc) is 2.77. The summed E-state index contributed by atoms with van der Waals surface area (Å²) in [6.07, 6.45) is -0.308. The van der Waals surface area contributed by atoms with Gasteiger partial charge in [-0.2, -0.15) is 12.6 Å². The smallest absolute Gasteiger partial charge is 0.326 e. The summed E-state index contributed by atoms with van der Waals surface area (Å²) in [4.78, 5) is 71.2. The lowest BCUT2D eigenvalue weighted by Gasteiger charge is -2.25. The minimum atomic E-state index is -1.42. The van der Waals surface area contributed by atoms with Gasteiger partial charge in [-0.3, -0.25) is 24.0 Å². The Labute approximate surface area is 202 Å². The molecule has 0 aliphatic heterocycles. The van der Waals surface area contributed by atoms with Gasteiger partial charge in [0.15, 0.2) is 0 Å². The summed E-state index contributed by atoms with van der Waals surface area (Å²) in [6, 6.07) is -5.07. The number of nitrogens with two attached hydrogens (primary N) is 3. The van der Waals surface area contributed by atoms with Crippen LogP contribution in [0.3, 0.4) is 0 Å². The number of hydrogen-bond acceptors (Lipinski definition) is 9. The number of nitrogens with one attached hydrogen (secondary N) is 3. The molecule has 4 unspecified atom stereocenters. The van der Waals surface area contributed by atoms with Gasteiger partial charge in [-0.05, 0) is 38.6 Å². The quantitative estimate of drug-likeness (QED) is 0.0674. The second-order valence-electron chi connectivity index (χ2n) is 7.53. The van der Waals surface area contributed by atoms with Crippen molar-refractivity contribution in [2.75, 3.05) is 12.3 Å². The molecular formula is C19H34N6O8S. The monoisotopic (exact) mass is 506 g/mol. The third-order valence-corrected chi connectivity index (χ3v) is 5.08. The van der Waals surface area contributed by atoms with Crippen LogP contribution in [0.5, 0.6) is 0 Å². The number of unbranched alkanes of at least 4 members (excludes halogenated alkanes) is 1. The highest BCUT2D eigenvalue weighted by Crippen LogP contribution is 2.06. The minimum absolute atomic E-state index is 0.0274. The molecule has 0 bridgehead atoms. The molecule has 0 saturated heterocycles. The van der Waals surface area contributed by atoms with E-state index in [4.69, 9.17) is 22.3 Å². The zero-order valence-electron chi connectivity index (χ0n) is 18.7. The molecule has 4 amide bonds. The number of carboxylic acid groups (broad SMARTS) is 2. The van der Waals surface area contributed by atoms with Gasteiger partial charge in [0.2, 0.25) is 23.6 Å². The zero-order valence-corrected chi connectivity index (χ0v) is 19.6. The van der Waals surface area contributed by atoms with Gasteiger partial charge in [-0.1, -0.05) is 0 Å². The van der Waals surface area contributed by atoms with Gasteiger partial charge in [-0.15, -0.1) is 0 Å². The average molecular weight is 507 g/mol. The molecule has 0 aromatic carbocycles. The van der Waals surface area contributed by atoms with Crippen LogP contribution in [0.4, 0.5) is 0 Å². The molecule has 0 saturated carbocycles. The Balaban J connectivity index is 5.53. The molecule has 0 aliphatic rings. The van der Waals surface area contributed by atoms with Crippen molar-refractivity contribution in [1.82, 2.24) is 16.0 Å². The van der Waals surface area contributed by atoms with E-state index in [0.717, 1.165) is 0 Å². The van der Waals surface area contributed by atoms with E-state index >= 15 is 0 Å². The molecule has 0 fully saturated rings. The van der Waals surface area contributed by atoms with Crippen LogP contribution in [0.15, 0.2) is 0 Å². The maximum Gasteiger partial charge on any atom is 0.326 e. The molecule has 34 heavy (non-hydrogen) atoms. The molecule has 0 heterocycles. The summed E-state index contributed by atoms with van der Waals surface area (Å²) in [5, 5.41) is 25.3. The van der Waals surface area contributed by atoms with Crippen LogP contribution < -0.4 is 33.2 Å². The second-order valence-corrected chi connectivity index (χ2v) is 7.90. The van der Waals surface area contributed by atoms with Gasteiger partial charge in [0, 0.05) is 18.6 Å². The van der Waals surface area contributed by atoms with Crippen molar-refractivity contribution >= 4 is 48.2 Å². The lowest BCUT2D eigenvalue weighted by Crippen LogP contribution is -2.57. The van der Waals surface area contributed by atoms with E-state index in [1.807, 2.05) is 0 Å². The topological polar surface area (TPSA) is 257 Å². The Bertz CT molecular complexity index is 738. The van der Waals surface area contributed by atoms with Crippen LogP contribution in [0, 0.1) is 0 Å². The van der Waals surface area contributed by atoms with E-state index in [-0.39, 0.29) is 31.4 Å². The lowest BCUT2D eigenvalue weighted by molar-refractivity contribution is -0.143. The van der Waals surface area contributed by atoms with Gasteiger partial charge in [0.25, 0.3) is 0 Å². The van der Waals surface area contributed by atoms with Gasteiger partial charge in [0.05, 0.1) is 6.04 Å². The number of aliphatic carboxylic acids is 2. The fourth-order valence-electron chi connectivity index (χ4n) is 2.75. The van der Waals surface area contributed by atoms with E-state index in [1.165, 1.54) is 0 Å². The summed E-state index contributed by atoms with van der Waals surface area (Å²) in [7, 11) is 0. The minimum Gasteiger partial charge on any atom is -0.481 e. The predicted molar refractivity (Wildman–Crippen MR) is 123 cm³/mol. The van der Waals surface area contributed by atoms with Gasteiger partial charge in [-0.25, -0.2) is 4.79 Å². The second kappa shape index (κ2) is 16.7. The molecule has 4 atom stereocenters. The van der Waals surface area contributed by atoms with Gasteiger partial charge >= 0.3 is 11.9 Å². The van der Waals surface area contributed by atoms with Crippen molar-refractivity contribution < 1.29 is 39.0 Å². The van der Waals surface area contributed by atoms with E-state index in [0.29, 0.717) is 19.4 Å². The lowest BCUT2D eigenvalue weighted by atomic mass is 10.1. The van der Waals surface area contributed by atoms with Crippen molar-refractivity contribution in [3.63, 3.8) is 0 Å². The highest BCUT2D eigenvalue weighted by molar-refractivity contribution is 7.80. The first-order valence-electron chi connectivity index (χ1n) is 10.6. The normalized spacial score (nSPS) is 14.2. The molecule has 0 aromatic rings. The highest BCUT2D eigenvalue weighted by Gasteiger charge is 2.30. The van der Waals surface area contributed by atoms with E-state index in [9.17, 15) is 33.9 Å². The summed E-state index contributed by atoms with van der Waals surface area (Å²) in [5.74, 6) is -5.88. The molecule has 15 heteroatoms. The van der Waals surface area contributed by atoms with Crippen LogP contribution in [-0.4, -0.2) is 82.2 Å². The molecule has 0 rings (SSSR count). The first-order valence-corrected chi connectivity index (χ1v) is 11.3. The molecule has 14 nitrogen and oxygen atoms in total.